The average molecular weight is 376 g/mol. The number of morpholine rings is 1. The van der Waals surface area contributed by atoms with Crippen LogP contribution in [0.25, 0.3) is 0 Å². The molecule has 3 rings (SSSR count). The van der Waals surface area contributed by atoms with E-state index in [1.54, 1.807) is 11.0 Å². The molecule has 8 nitrogen and oxygen atoms in total. The zero-order valence-electron chi connectivity index (χ0n) is 15.1. The van der Waals surface area contributed by atoms with Crippen molar-refractivity contribution in [3.8, 4) is 5.75 Å². The third-order valence-corrected chi connectivity index (χ3v) is 4.73. The zero-order valence-corrected chi connectivity index (χ0v) is 15.1. The van der Waals surface area contributed by atoms with E-state index in [2.05, 4.69) is 5.32 Å². The van der Waals surface area contributed by atoms with Crippen LogP contribution in [0.2, 0.25) is 0 Å². The number of carboxylic acids is 1. The maximum atomic E-state index is 12.4. The molecule has 27 heavy (non-hydrogen) atoms. The van der Waals surface area contributed by atoms with E-state index in [0.29, 0.717) is 51.2 Å². The van der Waals surface area contributed by atoms with Gasteiger partial charge in [-0.25, -0.2) is 0 Å². The fourth-order valence-corrected chi connectivity index (χ4v) is 3.36. The van der Waals surface area contributed by atoms with E-state index < -0.39 is 12.0 Å². The number of amides is 2. The molecule has 1 aromatic rings. The predicted molar refractivity (Wildman–Crippen MR) is 96.7 cm³/mol. The van der Waals surface area contributed by atoms with E-state index in [4.69, 9.17) is 14.6 Å². The van der Waals surface area contributed by atoms with Gasteiger partial charge in [-0.15, -0.1) is 0 Å². The molecule has 1 saturated heterocycles. The van der Waals surface area contributed by atoms with E-state index in [9.17, 15) is 14.4 Å². The van der Waals surface area contributed by atoms with Crippen LogP contribution in [0.4, 0.5) is 5.69 Å². The van der Waals surface area contributed by atoms with Gasteiger partial charge in [-0.1, -0.05) is 0 Å². The van der Waals surface area contributed by atoms with Gasteiger partial charge in [0.25, 0.3) is 0 Å². The molecular weight excluding hydrogens is 352 g/mol. The van der Waals surface area contributed by atoms with Gasteiger partial charge in [0.05, 0.1) is 32.3 Å². The summed E-state index contributed by atoms with van der Waals surface area (Å²) in [6.45, 7) is 1.52. The first kappa shape index (κ1) is 19.2. The number of nitrogens with zero attached hydrogens (tertiary/aromatic N) is 1. The van der Waals surface area contributed by atoms with E-state index in [1.165, 1.54) is 0 Å². The van der Waals surface area contributed by atoms with Crippen LogP contribution in [0.5, 0.6) is 5.75 Å². The second-order valence-corrected chi connectivity index (χ2v) is 6.73. The lowest BCUT2D eigenvalue weighted by molar-refractivity contribution is -0.146. The molecule has 146 valence electrons. The number of ether oxygens (including phenoxy) is 2. The number of rotatable bonds is 7. The molecule has 2 heterocycles. The summed E-state index contributed by atoms with van der Waals surface area (Å²) in [5, 5.41) is 11.8. The highest BCUT2D eigenvalue weighted by Gasteiger charge is 2.28. The summed E-state index contributed by atoms with van der Waals surface area (Å²) < 4.78 is 11.0. The van der Waals surface area contributed by atoms with Gasteiger partial charge in [-0.3, -0.25) is 14.4 Å². The van der Waals surface area contributed by atoms with Crippen LogP contribution < -0.4 is 10.1 Å². The van der Waals surface area contributed by atoms with Crippen molar-refractivity contribution in [3.05, 3.63) is 23.8 Å². The first-order chi connectivity index (χ1) is 13.0. The van der Waals surface area contributed by atoms with Gasteiger partial charge in [0.2, 0.25) is 11.8 Å². The lowest BCUT2D eigenvalue weighted by Gasteiger charge is -2.35. The highest BCUT2D eigenvalue weighted by atomic mass is 16.5. The Hall–Kier alpha value is -2.61. The van der Waals surface area contributed by atoms with Gasteiger partial charge in [0.15, 0.2) is 0 Å². The topological polar surface area (TPSA) is 105 Å². The number of fused-ring (bicyclic) bond motifs is 1. The molecule has 1 unspecified atom stereocenters. The molecule has 1 fully saturated rings. The van der Waals surface area contributed by atoms with Crippen molar-refractivity contribution in [2.24, 2.45) is 0 Å². The number of hydrogen-bond donors (Lipinski definition) is 2. The third kappa shape index (κ3) is 5.19. The lowest BCUT2D eigenvalue weighted by Crippen LogP contribution is -2.49. The Morgan fingerprint density at radius 1 is 1.33 bits per heavy atom. The second-order valence-electron chi connectivity index (χ2n) is 6.73. The van der Waals surface area contributed by atoms with Crippen molar-refractivity contribution in [1.29, 1.82) is 0 Å². The van der Waals surface area contributed by atoms with Gasteiger partial charge in [-0.2, -0.15) is 0 Å². The van der Waals surface area contributed by atoms with Crippen molar-refractivity contribution in [2.75, 3.05) is 31.7 Å². The summed E-state index contributed by atoms with van der Waals surface area (Å²) in [6, 6.07) is 5.15. The number of anilines is 1. The minimum atomic E-state index is -0.935. The number of aryl methyl sites for hydroxylation is 1. The summed E-state index contributed by atoms with van der Waals surface area (Å²) in [6.07, 6.45) is 1.91. The number of aliphatic carboxylic acids is 1. The van der Waals surface area contributed by atoms with Crippen LogP contribution >= 0.6 is 0 Å². The number of carbonyl (C=O) groups is 3. The molecule has 8 heteroatoms. The van der Waals surface area contributed by atoms with E-state index in [1.807, 2.05) is 12.1 Å². The molecule has 0 aliphatic carbocycles. The summed E-state index contributed by atoms with van der Waals surface area (Å²) in [4.78, 5) is 36.3. The van der Waals surface area contributed by atoms with Crippen LogP contribution in [-0.2, 0) is 25.5 Å². The molecule has 1 aromatic carbocycles. The summed E-state index contributed by atoms with van der Waals surface area (Å²) in [5.74, 6) is -0.261. The van der Waals surface area contributed by atoms with Gasteiger partial charge >= 0.3 is 5.97 Å². The SMILES string of the molecule is O=C(O)CC1COCCN1C(=O)CCCOc1ccc2c(c1)CCC(=O)N2. The minimum absolute atomic E-state index is 0.0268. The molecule has 0 saturated carbocycles. The molecule has 0 aromatic heterocycles. The Bertz CT molecular complexity index is 720. The predicted octanol–water partition coefficient (Wildman–Crippen LogP) is 1.43. The van der Waals surface area contributed by atoms with Crippen LogP contribution in [-0.4, -0.2) is 60.2 Å². The number of hydrogen-bond acceptors (Lipinski definition) is 5. The maximum absolute atomic E-state index is 12.4. The van der Waals surface area contributed by atoms with Crippen molar-refractivity contribution in [2.45, 2.75) is 38.1 Å². The van der Waals surface area contributed by atoms with E-state index >= 15 is 0 Å². The molecule has 2 aliphatic rings. The molecule has 0 spiro atoms. The Morgan fingerprint density at radius 2 is 2.19 bits per heavy atom. The first-order valence-corrected chi connectivity index (χ1v) is 9.17. The fraction of sp³-hybridized carbons (Fsp3) is 0.526. The molecule has 1 atom stereocenters. The highest BCUT2D eigenvalue weighted by molar-refractivity contribution is 5.94. The van der Waals surface area contributed by atoms with Gasteiger partial charge in [0, 0.05) is 25.1 Å². The van der Waals surface area contributed by atoms with Crippen molar-refractivity contribution >= 4 is 23.5 Å². The third-order valence-electron chi connectivity index (χ3n) is 4.73. The first-order valence-electron chi connectivity index (χ1n) is 9.17. The van der Waals surface area contributed by atoms with E-state index in [-0.39, 0.29) is 24.8 Å². The number of carbonyl (C=O) groups excluding carboxylic acids is 2. The number of benzene rings is 1. The standard InChI is InChI=1S/C19H24N2O6/c22-17-6-3-13-10-15(4-5-16(13)20-17)27-8-1-2-18(23)21-7-9-26-12-14(21)11-19(24)25/h4-5,10,14H,1-3,6-9,11-12H2,(H,20,22)(H,24,25). The molecule has 2 amide bonds. The monoisotopic (exact) mass is 376 g/mol. The second kappa shape index (κ2) is 8.85. The maximum Gasteiger partial charge on any atom is 0.305 e. The normalized spacial score (nSPS) is 19.2. The Kier molecular flexibility index (Phi) is 6.28. The summed E-state index contributed by atoms with van der Waals surface area (Å²) in [7, 11) is 0. The molecule has 2 aliphatic heterocycles. The molecule has 0 bridgehead atoms. The summed E-state index contributed by atoms with van der Waals surface area (Å²) in [5.41, 5.74) is 1.87. The smallest absolute Gasteiger partial charge is 0.305 e. The molecular formula is C19H24N2O6. The van der Waals surface area contributed by atoms with Gasteiger partial charge in [-0.05, 0) is 36.6 Å². The van der Waals surface area contributed by atoms with Crippen LogP contribution in [0.15, 0.2) is 18.2 Å². The largest absolute Gasteiger partial charge is 0.494 e. The van der Waals surface area contributed by atoms with Gasteiger partial charge < -0.3 is 24.8 Å². The highest BCUT2D eigenvalue weighted by Crippen LogP contribution is 2.27. The van der Waals surface area contributed by atoms with Crippen molar-refractivity contribution in [3.63, 3.8) is 0 Å². The van der Waals surface area contributed by atoms with E-state index in [0.717, 1.165) is 11.3 Å². The van der Waals surface area contributed by atoms with Crippen LogP contribution in [0.3, 0.4) is 0 Å². The lowest BCUT2D eigenvalue weighted by atomic mass is 10.0. The van der Waals surface area contributed by atoms with Crippen molar-refractivity contribution in [1.82, 2.24) is 4.90 Å². The minimum Gasteiger partial charge on any atom is -0.494 e. The Morgan fingerprint density at radius 3 is 3.00 bits per heavy atom. The van der Waals surface area contributed by atoms with Crippen molar-refractivity contribution < 1.29 is 29.0 Å². The number of nitrogens with one attached hydrogen (secondary N) is 1. The zero-order chi connectivity index (χ0) is 19.2. The number of carboxylic acid groups (broad SMARTS) is 1. The van der Waals surface area contributed by atoms with Gasteiger partial charge in [0.1, 0.15) is 5.75 Å². The van der Waals surface area contributed by atoms with Crippen LogP contribution in [0, 0.1) is 0 Å². The Labute approximate surface area is 157 Å². The molecule has 2 N–H and O–H groups in total. The average Bonchev–Trinajstić information content (AvgIpc) is 2.65. The van der Waals surface area contributed by atoms with Crippen LogP contribution in [0.1, 0.15) is 31.2 Å². The fourth-order valence-electron chi connectivity index (χ4n) is 3.36. The summed E-state index contributed by atoms with van der Waals surface area (Å²) >= 11 is 0. The quantitative estimate of drug-likeness (QED) is 0.698. The Balaban J connectivity index is 1.45. The molecule has 0 radical (unpaired) electrons.